The van der Waals surface area contributed by atoms with E-state index in [0.717, 1.165) is 16.9 Å². The van der Waals surface area contributed by atoms with E-state index in [9.17, 15) is 9.18 Å². The topological polar surface area (TPSA) is 87.3 Å². The number of rotatable bonds is 4. The summed E-state index contributed by atoms with van der Waals surface area (Å²) in [6, 6.07) is 11.4. The van der Waals surface area contributed by atoms with E-state index in [0.29, 0.717) is 48.8 Å². The molecule has 1 atom stereocenters. The largest absolute Gasteiger partial charge is 0.486 e. The van der Waals surface area contributed by atoms with Gasteiger partial charge in [0.2, 0.25) is 0 Å². The molecule has 2 aliphatic rings. The molecular weight excluding hydrogens is 524 g/mol. The second-order valence-corrected chi connectivity index (χ2v) is 11.1. The van der Waals surface area contributed by atoms with Crippen LogP contribution in [0, 0.1) is 5.82 Å². The normalized spacial score (nSPS) is 17.1. The third kappa shape index (κ3) is 4.07. The Morgan fingerprint density at radius 1 is 1.19 bits per heavy atom. The minimum absolute atomic E-state index is 0.351. The third-order valence-electron chi connectivity index (χ3n) is 6.01. The summed E-state index contributed by atoms with van der Waals surface area (Å²) >= 11 is 13.9. The van der Waals surface area contributed by atoms with Crippen molar-refractivity contribution in [2.75, 3.05) is 21.3 Å². The first-order valence-electron chi connectivity index (χ1n) is 11.2. The van der Waals surface area contributed by atoms with Crippen LogP contribution in [0.4, 0.5) is 26.6 Å². The number of aromatic nitrogens is 1. The van der Waals surface area contributed by atoms with Crippen LogP contribution in [-0.2, 0) is 6.42 Å². The van der Waals surface area contributed by atoms with Crippen LogP contribution in [0.1, 0.15) is 29.8 Å². The van der Waals surface area contributed by atoms with Crippen molar-refractivity contribution < 1.29 is 13.9 Å². The maximum atomic E-state index is 13.6. The molecule has 3 heterocycles. The fourth-order valence-electron chi connectivity index (χ4n) is 4.50. The van der Waals surface area contributed by atoms with E-state index in [-0.39, 0.29) is 11.7 Å². The minimum atomic E-state index is -0.487. The quantitative estimate of drug-likeness (QED) is 0.223. The number of nitrogens with one attached hydrogen (secondary N) is 4. The summed E-state index contributed by atoms with van der Waals surface area (Å²) in [5.74, 6) is -0.191. The van der Waals surface area contributed by atoms with Crippen molar-refractivity contribution in [1.82, 2.24) is 4.98 Å². The first kappa shape index (κ1) is 23.1. The molecule has 2 aliphatic heterocycles. The van der Waals surface area contributed by atoms with Crippen LogP contribution in [-0.4, -0.2) is 22.8 Å². The number of halogens is 3. The molecule has 4 N–H and O–H groups in total. The smallest absolute Gasteiger partial charge is 0.261 e. The van der Waals surface area contributed by atoms with Gasteiger partial charge < -0.3 is 20.7 Å². The lowest BCUT2D eigenvalue weighted by Gasteiger charge is -2.18. The number of anilines is 4. The van der Waals surface area contributed by atoms with E-state index >= 15 is 0 Å². The number of ether oxygens (including phenoxy) is 1. The Balaban J connectivity index is 1.32. The molecule has 1 amide bonds. The maximum Gasteiger partial charge on any atom is 0.261 e. The monoisotopic (exact) mass is 543 g/mol. The highest BCUT2D eigenvalue weighted by Crippen LogP contribution is 2.48. The van der Waals surface area contributed by atoms with Gasteiger partial charge in [0.15, 0.2) is 11.4 Å². The Labute approximate surface area is 220 Å². The maximum absolute atomic E-state index is 13.6. The number of thiazole rings is 1. The lowest BCUT2D eigenvalue weighted by Crippen LogP contribution is -2.31. The second kappa shape index (κ2) is 8.40. The zero-order valence-electron chi connectivity index (χ0n) is 19.1. The van der Waals surface area contributed by atoms with Gasteiger partial charge in [-0.3, -0.25) is 10.1 Å². The Hall–Kier alpha value is -3.27. The number of benzene rings is 3. The van der Waals surface area contributed by atoms with Crippen LogP contribution >= 0.6 is 34.5 Å². The summed E-state index contributed by atoms with van der Waals surface area (Å²) in [5.41, 5.74) is 3.60. The molecule has 1 aromatic heterocycles. The first-order chi connectivity index (χ1) is 17.2. The number of hydrogen-bond acceptors (Lipinski definition) is 7. The van der Waals surface area contributed by atoms with Gasteiger partial charge in [-0.25, -0.2) is 9.37 Å². The fourth-order valence-corrected chi connectivity index (χ4v) is 5.89. The van der Waals surface area contributed by atoms with Gasteiger partial charge in [0.25, 0.3) is 5.91 Å². The van der Waals surface area contributed by atoms with Crippen molar-refractivity contribution in [2.24, 2.45) is 0 Å². The molecule has 1 unspecified atom stereocenters. The molecule has 7 nitrogen and oxygen atoms in total. The van der Waals surface area contributed by atoms with Crippen LogP contribution in [0.15, 0.2) is 42.5 Å². The van der Waals surface area contributed by atoms with E-state index in [2.05, 4.69) is 26.3 Å². The van der Waals surface area contributed by atoms with E-state index in [4.69, 9.17) is 27.9 Å². The Bertz CT molecular complexity index is 1540. The molecule has 0 fully saturated rings. The van der Waals surface area contributed by atoms with Crippen LogP contribution in [0.5, 0.6) is 5.75 Å². The van der Waals surface area contributed by atoms with Crippen molar-refractivity contribution >= 4 is 72.9 Å². The van der Waals surface area contributed by atoms with Gasteiger partial charge in [-0.2, -0.15) is 0 Å². The number of fused-ring (bicyclic) bond motifs is 4. The highest BCUT2D eigenvalue weighted by atomic mass is 35.5. The number of para-hydroxylation sites is 1. The van der Waals surface area contributed by atoms with E-state index in [1.807, 2.05) is 13.8 Å². The van der Waals surface area contributed by atoms with Crippen molar-refractivity contribution in [3.63, 3.8) is 0 Å². The Kier molecular flexibility index (Phi) is 5.40. The second-order valence-electron chi connectivity index (χ2n) is 9.24. The highest BCUT2D eigenvalue weighted by molar-refractivity contribution is 7.22. The molecule has 0 radical (unpaired) electrons. The van der Waals surface area contributed by atoms with Gasteiger partial charge in [-0.1, -0.05) is 40.6 Å². The zero-order valence-corrected chi connectivity index (χ0v) is 21.5. The summed E-state index contributed by atoms with van der Waals surface area (Å²) in [4.78, 5) is 17.8. The number of amides is 1. The predicted molar refractivity (Wildman–Crippen MR) is 144 cm³/mol. The summed E-state index contributed by atoms with van der Waals surface area (Å²) in [7, 11) is 0. The molecular formula is C25H20Cl2FN5O2S. The number of nitrogens with zero attached hydrogens (tertiary/aromatic N) is 1. The summed E-state index contributed by atoms with van der Waals surface area (Å²) < 4.78 is 20.4. The Morgan fingerprint density at radius 2 is 1.97 bits per heavy atom. The minimum Gasteiger partial charge on any atom is -0.486 e. The zero-order chi connectivity index (χ0) is 25.2. The van der Waals surface area contributed by atoms with Crippen molar-refractivity contribution in [3.05, 3.63) is 69.5 Å². The molecule has 6 rings (SSSR count). The molecule has 0 saturated heterocycles. The lowest BCUT2D eigenvalue weighted by molar-refractivity contribution is 0.101. The van der Waals surface area contributed by atoms with Crippen molar-refractivity contribution in [1.29, 1.82) is 0 Å². The molecule has 4 aromatic rings. The molecule has 184 valence electrons. The van der Waals surface area contributed by atoms with Gasteiger partial charge in [0.05, 0.1) is 42.9 Å². The highest BCUT2D eigenvalue weighted by Gasteiger charge is 2.39. The van der Waals surface area contributed by atoms with Crippen molar-refractivity contribution in [2.45, 2.75) is 32.2 Å². The molecule has 0 bridgehead atoms. The first-order valence-corrected chi connectivity index (χ1v) is 12.7. The average Bonchev–Trinajstić information content (AvgIpc) is 3.48. The van der Waals surface area contributed by atoms with Gasteiger partial charge >= 0.3 is 0 Å². The average molecular weight is 544 g/mol. The molecule has 3 aromatic carbocycles. The van der Waals surface area contributed by atoms with E-state index in [1.54, 1.807) is 30.3 Å². The third-order valence-corrected chi connectivity index (χ3v) is 7.58. The number of hydrogen-bond donors (Lipinski definition) is 4. The van der Waals surface area contributed by atoms with E-state index in [1.165, 1.54) is 23.5 Å². The summed E-state index contributed by atoms with van der Waals surface area (Å²) in [6.07, 6.45) is 0.197. The molecule has 0 spiro atoms. The molecule has 11 heteroatoms. The van der Waals surface area contributed by atoms with Crippen molar-refractivity contribution in [3.8, 4) is 5.75 Å². The van der Waals surface area contributed by atoms with Crippen LogP contribution in [0.2, 0.25) is 10.0 Å². The van der Waals surface area contributed by atoms with E-state index < -0.39 is 11.9 Å². The fraction of sp³-hybridized carbons (Fsp3) is 0.200. The van der Waals surface area contributed by atoms with Crippen LogP contribution in [0.3, 0.4) is 0 Å². The molecule has 36 heavy (non-hydrogen) atoms. The Morgan fingerprint density at radius 3 is 2.75 bits per heavy atom. The standard InChI is InChI=1S/C25H20Cl2FN5O2S/c1-25(2)10-13-19-17(29-23(31-19)32-20-14(26)4-3-5-15(20)27)9-12(21(13)35-25)22(34)33-24-30-16-7-6-11(28)8-18(16)36-24/h3-9,23,29,31-32H,10H2,1-2H3,(H,30,33,34). The van der Waals surface area contributed by atoms with Crippen LogP contribution in [0.25, 0.3) is 10.2 Å². The van der Waals surface area contributed by atoms with Gasteiger partial charge in [0, 0.05) is 12.0 Å². The summed E-state index contributed by atoms with van der Waals surface area (Å²) in [6.45, 7) is 3.95. The van der Waals surface area contributed by atoms with Gasteiger partial charge in [0.1, 0.15) is 17.2 Å². The van der Waals surface area contributed by atoms with Gasteiger partial charge in [-0.05, 0) is 50.2 Å². The predicted octanol–water partition coefficient (Wildman–Crippen LogP) is 6.94. The SMILES string of the molecule is CC1(C)Cc2c3c(cc(C(=O)Nc4nc5ccc(F)cc5s4)c2O1)NC(Nc1c(Cl)cccc1Cl)N3. The lowest BCUT2D eigenvalue weighted by atomic mass is 9.97. The number of carbonyl (C=O) groups excluding carboxylic acids is 1. The van der Waals surface area contributed by atoms with Gasteiger partial charge in [-0.15, -0.1) is 0 Å². The van der Waals surface area contributed by atoms with Crippen LogP contribution < -0.4 is 26.0 Å². The number of carbonyl (C=O) groups is 1. The molecule has 0 saturated carbocycles. The molecule has 0 aliphatic carbocycles. The summed E-state index contributed by atoms with van der Waals surface area (Å²) in [5, 5.41) is 14.3.